The quantitative estimate of drug-likeness (QED) is 0.677. The van der Waals surface area contributed by atoms with Crippen LogP contribution in [0.2, 0.25) is 0 Å². The van der Waals surface area contributed by atoms with Crippen LogP contribution in [0.1, 0.15) is 26.2 Å². The Morgan fingerprint density at radius 1 is 1.31 bits per heavy atom. The number of carboxylic acid groups (broad SMARTS) is 1. The van der Waals surface area contributed by atoms with E-state index in [1.165, 1.54) is 0 Å². The Morgan fingerprint density at radius 2 is 1.85 bits per heavy atom. The highest BCUT2D eigenvalue weighted by atomic mass is 16.7. The molecule has 76 valence electrons. The third-order valence-electron chi connectivity index (χ3n) is 2.98. The van der Waals surface area contributed by atoms with Crippen LogP contribution < -0.4 is 0 Å². The predicted octanol–water partition coefficient (Wildman–Crippen LogP) is 1.25. The molecule has 4 heteroatoms. The van der Waals surface area contributed by atoms with Gasteiger partial charge in [-0.25, -0.2) is 0 Å². The van der Waals surface area contributed by atoms with Gasteiger partial charge >= 0.3 is 5.97 Å². The van der Waals surface area contributed by atoms with Crippen molar-refractivity contribution in [1.29, 1.82) is 0 Å². The molecule has 0 aromatic rings. The molecule has 0 aromatic heterocycles. The van der Waals surface area contributed by atoms with E-state index >= 15 is 0 Å². The van der Waals surface area contributed by atoms with E-state index in [4.69, 9.17) is 14.6 Å². The maximum Gasteiger partial charge on any atom is 0.309 e. The second-order valence-corrected chi connectivity index (χ2v) is 3.86. The molecule has 1 fully saturated rings. The van der Waals surface area contributed by atoms with Crippen molar-refractivity contribution in [2.75, 3.05) is 14.2 Å². The molecule has 13 heavy (non-hydrogen) atoms. The van der Waals surface area contributed by atoms with Gasteiger partial charge in [-0.1, -0.05) is 0 Å². The number of aliphatic carboxylic acids is 1. The number of ether oxygens (including phenoxy) is 2. The predicted molar refractivity (Wildman–Crippen MR) is 46.3 cm³/mol. The molecule has 0 spiro atoms. The van der Waals surface area contributed by atoms with Gasteiger partial charge in [-0.05, 0) is 13.3 Å². The Balaban J connectivity index is 2.77. The molecule has 4 nitrogen and oxygen atoms in total. The topological polar surface area (TPSA) is 55.8 Å². The van der Waals surface area contributed by atoms with Gasteiger partial charge < -0.3 is 14.6 Å². The van der Waals surface area contributed by atoms with E-state index in [0.29, 0.717) is 19.3 Å². The van der Waals surface area contributed by atoms with Crippen LogP contribution >= 0.6 is 0 Å². The van der Waals surface area contributed by atoms with Gasteiger partial charge in [-0.3, -0.25) is 4.79 Å². The molecule has 1 atom stereocenters. The molecule has 0 aliphatic heterocycles. The van der Waals surface area contributed by atoms with E-state index in [-0.39, 0.29) is 0 Å². The molecule has 0 aromatic carbocycles. The van der Waals surface area contributed by atoms with E-state index in [1.807, 2.05) is 0 Å². The van der Waals surface area contributed by atoms with Crippen molar-refractivity contribution < 1.29 is 19.4 Å². The maximum atomic E-state index is 10.9. The highest BCUT2D eigenvalue weighted by Gasteiger charge is 2.50. The van der Waals surface area contributed by atoms with E-state index in [0.717, 1.165) is 0 Å². The van der Waals surface area contributed by atoms with E-state index in [1.54, 1.807) is 21.1 Å². The van der Waals surface area contributed by atoms with Crippen LogP contribution in [0.4, 0.5) is 0 Å². The Labute approximate surface area is 77.8 Å². The normalized spacial score (nSPS) is 31.9. The molecule has 0 heterocycles. The number of rotatable bonds is 3. The van der Waals surface area contributed by atoms with E-state index in [9.17, 15) is 4.79 Å². The zero-order valence-corrected chi connectivity index (χ0v) is 8.29. The largest absolute Gasteiger partial charge is 0.481 e. The first-order chi connectivity index (χ1) is 5.98. The second-order valence-electron chi connectivity index (χ2n) is 3.86. The number of methoxy groups -OCH3 is 2. The van der Waals surface area contributed by atoms with Gasteiger partial charge in [0.2, 0.25) is 0 Å². The first-order valence-corrected chi connectivity index (χ1v) is 4.32. The van der Waals surface area contributed by atoms with Crippen LogP contribution in [0.3, 0.4) is 0 Å². The van der Waals surface area contributed by atoms with Gasteiger partial charge in [-0.15, -0.1) is 0 Å². The van der Waals surface area contributed by atoms with Crippen molar-refractivity contribution in [2.45, 2.75) is 32.0 Å². The molecule has 1 N–H and O–H groups in total. The lowest BCUT2D eigenvalue weighted by molar-refractivity contribution is -0.207. The molecular weight excluding hydrogens is 172 g/mol. The van der Waals surface area contributed by atoms with Crippen LogP contribution in [0.5, 0.6) is 0 Å². The molecule has 1 saturated carbocycles. The zero-order chi connectivity index (χ0) is 10.1. The van der Waals surface area contributed by atoms with Crippen molar-refractivity contribution in [1.82, 2.24) is 0 Å². The summed E-state index contributed by atoms with van der Waals surface area (Å²) in [5, 5.41) is 8.98. The van der Waals surface area contributed by atoms with Gasteiger partial charge in [0.05, 0.1) is 5.41 Å². The van der Waals surface area contributed by atoms with Crippen molar-refractivity contribution in [3.05, 3.63) is 0 Å². The molecule has 0 bridgehead atoms. The van der Waals surface area contributed by atoms with Gasteiger partial charge in [0.25, 0.3) is 0 Å². The van der Waals surface area contributed by atoms with Crippen molar-refractivity contribution in [3.63, 3.8) is 0 Å². The first kappa shape index (κ1) is 10.5. The summed E-state index contributed by atoms with van der Waals surface area (Å²) in [4.78, 5) is 10.9. The summed E-state index contributed by atoms with van der Waals surface area (Å²) in [6.07, 6.45) is 1.66. The average Bonchev–Trinajstić information content (AvgIpc) is 2.46. The summed E-state index contributed by atoms with van der Waals surface area (Å²) in [6.45, 7) is 1.73. The van der Waals surface area contributed by atoms with Gasteiger partial charge in [0, 0.05) is 27.1 Å². The fourth-order valence-corrected chi connectivity index (χ4v) is 1.85. The third-order valence-corrected chi connectivity index (χ3v) is 2.98. The summed E-state index contributed by atoms with van der Waals surface area (Å²) >= 11 is 0. The molecule has 0 saturated heterocycles. The van der Waals surface area contributed by atoms with Crippen molar-refractivity contribution in [3.8, 4) is 0 Å². The Bertz CT molecular complexity index is 210. The summed E-state index contributed by atoms with van der Waals surface area (Å²) in [5.41, 5.74) is -0.702. The molecule has 1 aliphatic rings. The first-order valence-electron chi connectivity index (χ1n) is 4.32. The highest BCUT2D eigenvalue weighted by molar-refractivity contribution is 5.74. The summed E-state index contributed by atoms with van der Waals surface area (Å²) in [6, 6.07) is 0. The molecule has 0 amide bonds. The summed E-state index contributed by atoms with van der Waals surface area (Å²) in [5.74, 6) is -1.46. The van der Waals surface area contributed by atoms with Gasteiger partial charge in [0.15, 0.2) is 5.79 Å². The minimum Gasteiger partial charge on any atom is -0.481 e. The van der Waals surface area contributed by atoms with E-state index < -0.39 is 17.2 Å². The minimum atomic E-state index is -0.775. The van der Waals surface area contributed by atoms with Crippen LogP contribution in [0.25, 0.3) is 0 Å². The maximum absolute atomic E-state index is 10.9. The van der Waals surface area contributed by atoms with Crippen LogP contribution in [-0.4, -0.2) is 31.1 Å². The summed E-state index contributed by atoms with van der Waals surface area (Å²) in [7, 11) is 3.11. The molecule has 1 aliphatic carbocycles. The minimum absolute atomic E-state index is 0.419. The number of carbonyl (C=O) groups is 1. The Hall–Kier alpha value is -0.610. The van der Waals surface area contributed by atoms with Crippen molar-refractivity contribution in [2.24, 2.45) is 5.41 Å². The Morgan fingerprint density at radius 3 is 2.08 bits per heavy atom. The Kier molecular flexibility index (Phi) is 2.63. The monoisotopic (exact) mass is 188 g/mol. The number of hydrogen-bond acceptors (Lipinski definition) is 3. The summed E-state index contributed by atoms with van der Waals surface area (Å²) < 4.78 is 10.4. The smallest absolute Gasteiger partial charge is 0.309 e. The fraction of sp³-hybridized carbons (Fsp3) is 0.889. The number of carboxylic acids is 1. The molecule has 1 rings (SSSR count). The van der Waals surface area contributed by atoms with Crippen LogP contribution in [0, 0.1) is 5.41 Å². The third kappa shape index (κ3) is 1.69. The zero-order valence-electron chi connectivity index (χ0n) is 8.29. The molecule has 1 unspecified atom stereocenters. The molecular formula is C9H16O4. The lowest BCUT2D eigenvalue weighted by Crippen LogP contribution is -2.34. The van der Waals surface area contributed by atoms with Crippen molar-refractivity contribution >= 4 is 5.97 Å². The standard InChI is InChI=1S/C9H16O4/c1-8(7(10)11)4-5-9(6-8,12-2)13-3/h4-6H2,1-3H3,(H,10,11). The molecule has 0 radical (unpaired) electrons. The van der Waals surface area contributed by atoms with Crippen LogP contribution in [0.15, 0.2) is 0 Å². The number of hydrogen-bond donors (Lipinski definition) is 1. The second kappa shape index (κ2) is 3.27. The van der Waals surface area contributed by atoms with E-state index in [2.05, 4.69) is 0 Å². The van der Waals surface area contributed by atoms with Gasteiger partial charge in [0.1, 0.15) is 0 Å². The SMILES string of the molecule is COC1(OC)CCC(C)(C(=O)O)C1. The fourth-order valence-electron chi connectivity index (χ4n) is 1.85. The lowest BCUT2D eigenvalue weighted by Gasteiger charge is -2.27. The average molecular weight is 188 g/mol. The highest BCUT2D eigenvalue weighted by Crippen LogP contribution is 2.46. The van der Waals surface area contributed by atoms with Crippen LogP contribution in [-0.2, 0) is 14.3 Å². The lowest BCUT2D eigenvalue weighted by atomic mass is 9.89. The van der Waals surface area contributed by atoms with Gasteiger partial charge in [-0.2, -0.15) is 0 Å².